The molecule has 4 aliphatic heterocycles. The molecule has 0 aliphatic carbocycles. The number of nitrogens with zero attached hydrogens (tertiary/aromatic N) is 3. The quantitative estimate of drug-likeness (QED) is 0.0573. The van der Waals surface area contributed by atoms with E-state index in [9.17, 15) is 68.1 Å². The molecule has 0 unspecified atom stereocenters. The van der Waals surface area contributed by atoms with E-state index >= 15 is 0 Å². The van der Waals surface area contributed by atoms with Crippen LogP contribution < -0.4 is 37.6 Å². The maximum atomic E-state index is 14.5. The van der Waals surface area contributed by atoms with Gasteiger partial charge in [-0.3, -0.25) is 47.9 Å². The number of primary amides is 1. The van der Waals surface area contributed by atoms with Crippen LogP contribution in [0.5, 0.6) is 5.75 Å². The van der Waals surface area contributed by atoms with Crippen LogP contribution in [-0.4, -0.2) is 176 Å². The van der Waals surface area contributed by atoms with E-state index in [2.05, 4.69) is 31.9 Å². The van der Waals surface area contributed by atoms with Gasteiger partial charge in [0.25, 0.3) is 0 Å². The number of hydrogen-bond donors (Lipinski definition) is 10. The summed E-state index contributed by atoms with van der Waals surface area (Å²) in [5.41, 5.74) is 6.82. The van der Waals surface area contributed by atoms with Gasteiger partial charge in [0.15, 0.2) is 0 Å². The number of carboxylic acid groups (broad SMARTS) is 2. The van der Waals surface area contributed by atoms with Gasteiger partial charge in [0.2, 0.25) is 53.2 Å². The van der Waals surface area contributed by atoms with Crippen molar-refractivity contribution in [2.75, 3.05) is 26.2 Å². The van der Waals surface area contributed by atoms with E-state index in [4.69, 9.17) is 5.73 Å². The summed E-state index contributed by atoms with van der Waals surface area (Å²) in [7, 11) is 0. The van der Waals surface area contributed by atoms with E-state index < -0.39 is 126 Å². The van der Waals surface area contributed by atoms with Gasteiger partial charge in [-0.25, -0.2) is 4.79 Å². The van der Waals surface area contributed by atoms with Gasteiger partial charge in [0, 0.05) is 45.3 Å². The molecular weight excluding hydrogens is 1010 g/mol. The molecule has 0 spiro atoms. The van der Waals surface area contributed by atoms with Crippen molar-refractivity contribution in [3.63, 3.8) is 0 Å². The Bertz CT molecular complexity index is 2510. The van der Waals surface area contributed by atoms with Crippen LogP contribution in [0, 0.1) is 5.92 Å². The van der Waals surface area contributed by atoms with Crippen molar-refractivity contribution in [1.29, 1.82) is 0 Å². The van der Waals surface area contributed by atoms with Crippen LogP contribution in [0.3, 0.4) is 0 Å². The molecule has 9 amide bonds. The minimum atomic E-state index is -1.54. The van der Waals surface area contributed by atoms with Crippen molar-refractivity contribution >= 4 is 65.1 Å². The van der Waals surface area contributed by atoms with Crippen LogP contribution in [0.15, 0.2) is 54.6 Å². The first kappa shape index (κ1) is 59.6. The summed E-state index contributed by atoms with van der Waals surface area (Å²) in [6.07, 6.45) is 1.54. The molecular formula is C54H74N10O14. The first-order valence-electron chi connectivity index (χ1n) is 26.9. The first-order valence-corrected chi connectivity index (χ1v) is 26.9. The van der Waals surface area contributed by atoms with E-state index in [1.807, 2.05) is 30.3 Å². The topological polar surface area (TPSA) is 356 Å². The van der Waals surface area contributed by atoms with Gasteiger partial charge in [-0.05, 0) is 106 Å². The minimum absolute atomic E-state index is 0.0240. The smallest absolute Gasteiger partial charge is 0.326 e. The van der Waals surface area contributed by atoms with Crippen molar-refractivity contribution < 1.29 is 68.1 Å². The molecule has 424 valence electrons. The van der Waals surface area contributed by atoms with Crippen LogP contribution >= 0.6 is 0 Å². The molecule has 9 atom stereocenters. The number of nitrogens with one attached hydrogen (secondary N) is 6. The van der Waals surface area contributed by atoms with Gasteiger partial charge < -0.3 is 67.7 Å². The molecule has 4 fully saturated rings. The predicted octanol–water partition coefficient (Wildman–Crippen LogP) is -0.413. The lowest BCUT2D eigenvalue weighted by Gasteiger charge is -2.33. The number of aromatic hydroxyl groups is 1. The molecule has 6 rings (SSSR count). The molecule has 78 heavy (non-hydrogen) atoms. The van der Waals surface area contributed by atoms with Crippen LogP contribution in [0.4, 0.5) is 0 Å². The van der Waals surface area contributed by atoms with Crippen LogP contribution in [-0.2, 0) is 65.6 Å². The van der Waals surface area contributed by atoms with E-state index in [1.54, 1.807) is 13.8 Å². The Morgan fingerprint density at radius 3 is 1.54 bits per heavy atom. The zero-order chi connectivity index (χ0) is 56.6. The van der Waals surface area contributed by atoms with Gasteiger partial charge in [0.1, 0.15) is 54.1 Å². The second kappa shape index (κ2) is 28.1. The lowest BCUT2D eigenvalue weighted by atomic mass is 10.0. The maximum Gasteiger partial charge on any atom is 0.326 e. The second-order valence-corrected chi connectivity index (χ2v) is 21.0. The van der Waals surface area contributed by atoms with Crippen LogP contribution in [0.2, 0.25) is 0 Å². The molecule has 0 radical (unpaired) electrons. The van der Waals surface area contributed by atoms with Gasteiger partial charge in [-0.1, -0.05) is 56.3 Å². The van der Waals surface area contributed by atoms with Gasteiger partial charge >= 0.3 is 11.9 Å². The van der Waals surface area contributed by atoms with E-state index in [-0.39, 0.29) is 88.6 Å². The summed E-state index contributed by atoms with van der Waals surface area (Å²) in [4.78, 5) is 153. The third kappa shape index (κ3) is 16.4. The first-order chi connectivity index (χ1) is 37.2. The number of phenols is 1. The van der Waals surface area contributed by atoms with Gasteiger partial charge in [0.05, 0.1) is 6.04 Å². The third-order valence-corrected chi connectivity index (χ3v) is 14.7. The Kier molecular flexibility index (Phi) is 21.5. The highest BCUT2D eigenvalue weighted by molar-refractivity contribution is 5.99. The number of hydrogen-bond acceptors (Lipinski definition) is 13. The number of carbonyl (C=O) groups excluding carboxylic acids is 9. The molecule has 0 saturated carbocycles. The summed E-state index contributed by atoms with van der Waals surface area (Å²) >= 11 is 0. The fourth-order valence-electron chi connectivity index (χ4n) is 10.7. The largest absolute Gasteiger partial charge is 0.508 e. The number of phenolic OH excluding ortho intramolecular Hbond substituents is 1. The molecule has 0 aromatic heterocycles. The number of likely N-dealkylation sites (tertiary alicyclic amines) is 3. The monoisotopic (exact) mass is 1090 g/mol. The number of benzene rings is 2. The Hall–Kier alpha value is -7.63. The van der Waals surface area contributed by atoms with E-state index in [1.165, 1.54) is 39.0 Å². The molecule has 0 bridgehead atoms. The molecule has 11 N–H and O–H groups in total. The van der Waals surface area contributed by atoms with Crippen molar-refractivity contribution in [3.05, 3.63) is 65.7 Å². The second-order valence-electron chi connectivity index (χ2n) is 21.0. The van der Waals surface area contributed by atoms with E-state index in [0.29, 0.717) is 37.8 Å². The summed E-state index contributed by atoms with van der Waals surface area (Å²) in [5.74, 6) is -9.01. The predicted molar refractivity (Wildman–Crippen MR) is 279 cm³/mol. The summed E-state index contributed by atoms with van der Waals surface area (Å²) < 4.78 is 0. The minimum Gasteiger partial charge on any atom is -0.508 e. The van der Waals surface area contributed by atoms with Gasteiger partial charge in [-0.2, -0.15) is 0 Å². The summed E-state index contributed by atoms with van der Waals surface area (Å²) in [5, 5.41) is 45.8. The number of rotatable bonds is 26. The third-order valence-electron chi connectivity index (χ3n) is 14.7. The Balaban J connectivity index is 1.14. The maximum absolute atomic E-state index is 14.5. The normalized spacial score (nSPS) is 20.9. The number of carbonyl (C=O) groups is 11. The Labute approximate surface area is 452 Å². The molecule has 4 saturated heterocycles. The highest BCUT2D eigenvalue weighted by Crippen LogP contribution is 2.25. The standard InChI is InChI=1S/C54H74N10O14/c1-31(2)28-38(52(75)63-26-9-15-43(63)50(73)61-40(54(77)78)30-33-16-18-34(65)19-17-33)59-47(70)36(21-23-45(67)68)57-48(71)41-13-7-25-62(41)51(74)37(20-22-44(55)66)58-49(72)42-14-8-27-64(42)53(76)39(29-32-10-4-3-5-11-32)60-46(69)35-12-6-24-56-35/h3-5,10-11,16-19,31,35-43,56,65H,6-9,12-15,20-30H2,1-2H3,(H2,55,66)(H,57,71)(H,58,72)(H,59,70)(H,60,69)(H,61,73)(H,67,68)(H,77,78)/t35-,36-,37-,38-,39-,40-,41-,42-,43-/m0/s1. The highest BCUT2D eigenvalue weighted by Gasteiger charge is 2.44. The Morgan fingerprint density at radius 1 is 0.564 bits per heavy atom. The number of amides is 9. The molecule has 4 aliphatic rings. The van der Waals surface area contributed by atoms with Crippen molar-refractivity contribution in [1.82, 2.24) is 46.6 Å². The van der Waals surface area contributed by atoms with Crippen LogP contribution in [0.25, 0.3) is 0 Å². The molecule has 2 aromatic rings. The number of carboxylic acids is 2. The number of nitrogens with two attached hydrogens (primary N) is 1. The summed E-state index contributed by atoms with van der Waals surface area (Å²) in [6.45, 7) is 4.56. The highest BCUT2D eigenvalue weighted by atomic mass is 16.4. The molecule has 2 aromatic carbocycles. The number of aliphatic carboxylic acids is 2. The summed E-state index contributed by atoms with van der Waals surface area (Å²) in [6, 6.07) is 4.46. The Morgan fingerprint density at radius 2 is 1.04 bits per heavy atom. The molecule has 4 heterocycles. The van der Waals surface area contributed by atoms with Crippen molar-refractivity contribution in [2.24, 2.45) is 11.7 Å². The SMILES string of the molecule is CC(C)C[C@H](NC(=O)[C@H](CCC(=O)O)NC(=O)[C@@H]1CCCN1C(=O)[C@H](CCC(N)=O)NC(=O)[C@@H]1CCCN1C(=O)[C@H](Cc1ccccc1)NC(=O)[C@@H]1CCCN1)C(=O)N1CCC[C@H]1C(=O)N[C@@H](Cc1ccc(O)cc1)C(=O)O. The van der Waals surface area contributed by atoms with Crippen molar-refractivity contribution in [3.8, 4) is 5.75 Å². The average Bonchev–Trinajstić information content (AvgIpc) is 4.27. The lowest BCUT2D eigenvalue weighted by molar-refractivity contribution is -0.145. The molecule has 24 heteroatoms. The molecule has 24 nitrogen and oxygen atoms in total. The zero-order valence-corrected chi connectivity index (χ0v) is 44.2. The zero-order valence-electron chi connectivity index (χ0n) is 44.2. The average molecular weight is 1090 g/mol. The lowest BCUT2D eigenvalue weighted by Crippen LogP contribution is -2.60. The van der Waals surface area contributed by atoms with E-state index in [0.717, 1.165) is 12.0 Å². The van der Waals surface area contributed by atoms with Crippen LogP contribution in [0.1, 0.15) is 108 Å². The van der Waals surface area contributed by atoms with Gasteiger partial charge in [-0.15, -0.1) is 0 Å². The fraction of sp³-hybridized carbons (Fsp3) is 0.574. The fourth-order valence-corrected chi connectivity index (χ4v) is 10.7. The van der Waals surface area contributed by atoms with Crippen molar-refractivity contribution in [2.45, 2.75) is 165 Å².